The van der Waals surface area contributed by atoms with E-state index >= 15 is 0 Å². The zero-order valence-corrected chi connectivity index (χ0v) is 18.9. The van der Waals surface area contributed by atoms with E-state index in [9.17, 15) is 18.0 Å². The van der Waals surface area contributed by atoms with Crippen LogP contribution in [0.15, 0.2) is 53.4 Å². The maximum Gasteiger partial charge on any atom is 0.313 e. The molecule has 3 rings (SSSR count). The third-order valence-electron chi connectivity index (χ3n) is 5.24. The van der Waals surface area contributed by atoms with Crippen molar-refractivity contribution in [3.8, 4) is 0 Å². The number of piperidine rings is 1. The van der Waals surface area contributed by atoms with Gasteiger partial charge < -0.3 is 10.6 Å². The Morgan fingerprint density at radius 3 is 2.55 bits per heavy atom. The van der Waals surface area contributed by atoms with Gasteiger partial charge in [0.1, 0.15) is 0 Å². The van der Waals surface area contributed by atoms with Gasteiger partial charge in [0.25, 0.3) is 0 Å². The molecule has 0 aromatic heterocycles. The number of hydrogen-bond acceptors (Lipinski definition) is 4. The Balaban J connectivity index is 1.57. The van der Waals surface area contributed by atoms with Crippen molar-refractivity contribution < 1.29 is 18.0 Å². The monoisotopic (exact) mass is 463 g/mol. The molecule has 0 saturated carbocycles. The Hall–Kier alpha value is -2.42. The molecule has 9 heteroatoms. The molecule has 2 amide bonds. The Morgan fingerprint density at radius 1 is 1.10 bits per heavy atom. The number of rotatable bonds is 6. The van der Waals surface area contributed by atoms with E-state index in [4.69, 9.17) is 11.6 Å². The number of benzene rings is 2. The molecule has 2 aromatic rings. The van der Waals surface area contributed by atoms with E-state index in [2.05, 4.69) is 10.6 Å². The smallest absolute Gasteiger partial charge is 0.313 e. The fourth-order valence-corrected chi connectivity index (χ4v) is 5.51. The van der Waals surface area contributed by atoms with Crippen LogP contribution in [0.4, 0.5) is 5.69 Å². The summed E-state index contributed by atoms with van der Waals surface area (Å²) in [4.78, 5) is 24.4. The molecule has 0 spiro atoms. The van der Waals surface area contributed by atoms with Crippen LogP contribution < -0.4 is 10.6 Å². The second kappa shape index (κ2) is 10.3. The molecule has 1 aliphatic heterocycles. The van der Waals surface area contributed by atoms with E-state index in [-0.39, 0.29) is 17.5 Å². The summed E-state index contributed by atoms with van der Waals surface area (Å²) >= 11 is 5.88. The Kier molecular flexibility index (Phi) is 7.69. The van der Waals surface area contributed by atoms with E-state index in [1.807, 2.05) is 13.0 Å². The van der Waals surface area contributed by atoms with Gasteiger partial charge in [0, 0.05) is 29.8 Å². The maximum absolute atomic E-state index is 13.1. The van der Waals surface area contributed by atoms with E-state index in [0.717, 1.165) is 18.4 Å². The van der Waals surface area contributed by atoms with Crippen molar-refractivity contribution in [1.29, 1.82) is 0 Å². The molecule has 0 unspecified atom stereocenters. The average molecular weight is 464 g/mol. The molecule has 0 radical (unpaired) electrons. The topological polar surface area (TPSA) is 95.6 Å². The zero-order chi connectivity index (χ0) is 22.4. The van der Waals surface area contributed by atoms with Gasteiger partial charge in [-0.2, -0.15) is 4.31 Å². The second-order valence-electron chi connectivity index (χ2n) is 7.59. The molecular weight excluding hydrogens is 438 g/mol. The Labute approximate surface area is 187 Å². The fourth-order valence-electron chi connectivity index (χ4n) is 3.66. The molecule has 1 heterocycles. The molecule has 1 aliphatic rings. The molecule has 1 fully saturated rings. The summed E-state index contributed by atoms with van der Waals surface area (Å²) < 4.78 is 27.7. The fraction of sp³-hybridized carbons (Fsp3) is 0.364. The highest BCUT2D eigenvalue weighted by Gasteiger charge is 2.33. The first kappa shape index (κ1) is 23.2. The lowest BCUT2D eigenvalue weighted by atomic mass is 10.0. The van der Waals surface area contributed by atoms with Crippen molar-refractivity contribution >= 4 is 39.1 Å². The molecule has 2 N–H and O–H groups in total. The molecule has 1 saturated heterocycles. The van der Waals surface area contributed by atoms with Crippen LogP contribution in [0.2, 0.25) is 5.02 Å². The molecule has 166 valence electrons. The Morgan fingerprint density at radius 2 is 1.84 bits per heavy atom. The number of nitrogens with one attached hydrogen (secondary N) is 2. The van der Waals surface area contributed by atoms with Crippen molar-refractivity contribution in [2.45, 2.75) is 43.5 Å². The van der Waals surface area contributed by atoms with Gasteiger partial charge >= 0.3 is 11.8 Å². The van der Waals surface area contributed by atoms with Gasteiger partial charge in [-0.1, -0.05) is 30.2 Å². The Bertz CT molecular complexity index is 1040. The van der Waals surface area contributed by atoms with E-state index in [1.54, 1.807) is 30.3 Å². The normalized spacial score (nSPS) is 17.2. The van der Waals surface area contributed by atoms with Crippen LogP contribution in [0.25, 0.3) is 0 Å². The van der Waals surface area contributed by atoms with Crippen molar-refractivity contribution in [1.82, 2.24) is 9.62 Å². The third-order valence-corrected chi connectivity index (χ3v) is 7.46. The summed E-state index contributed by atoms with van der Waals surface area (Å²) in [7, 11) is -3.66. The first-order valence-corrected chi connectivity index (χ1v) is 12.0. The zero-order valence-electron chi connectivity index (χ0n) is 17.3. The standard InChI is InChI=1S/C22H26ClN3O4S/c1-16-5-4-6-18(15-16)25-22(28)21(27)24-13-12-19-7-2-3-14-26(19)31(29,30)20-10-8-17(23)9-11-20/h4-6,8-11,15,19H,2-3,7,12-14H2,1H3,(H,24,27)(H,25,28)/t19-/m1/s1. The predicted molar refractivity (Wildman–Crippen MR) is 120 cm³/mol. The van der Waals surface area contributed by atoms with Crippen molar-refractivity contribution in [3.63, 3.8) is 0 Å². The summed E-state index contributed by atoms with van der Waals surface area (Å²) in [5.74, 6) is -1.50. The number of carbonyl (C=O) groups excluding carboxylic acids is 2. The van der Waals surface area contributed by atoms with Crippen molar-refractivity contribution in [2.75, 3.05) is 18.4 Å². The second-order valence-corrected chi connectivity index (χ2v) is 9.91. The lowest BCUT2D eigenvalue weighted by Gasteiger charge is -2.34. The molecule has 0 bridgehead atoms. The van der Waals surface area contributed by atoms with Crippen LogP contribution in [-0.4, -0.2) is 43.7 Å². The van der Waals surface area contributed by atoms with Gasteiger partial charge in [-0.3, -0.25) is 9.59 Å². The third kappa shape index (κ3) is 6.06. The molecule has 1 atom stereocenters. The summed E-state index contributed by atoms with van der Waals surface area (Å²) in [5.41, 5.74) is 1.52. The minimum absolute atomic E-state index is 0.199. The van der Waals surface area contributed by atoms with Gasteiger partial charge in [-0.05, 0) is 68.1 Å². The summed E-state index contributed by atoms with van der Waals surface area (Å²) in [5, 5.41) is 5.63. The summed E-state index contributed by atoms with van der Waals surface area (Å²) in [6.45, 7) is 2.53. The number of carbonyl (C=O) groups is 2. The van der Waals surface area contributed by atoms with Gasteiger partial charge in [-0.25, -0.2) is 8.42 Å². The highest BCUT2D eigenvalue weighted by Crippen LogP contribution is 2.27. The lowest BCUT2D eigenvalue weighted by molar-refractivity contribution is -0.136. The molecule has 31 heavy (non-hydrogen) atoms. The van der Waals surface area contributed by atoms with Gasteiger partial charge in [0.05, 0.1) is 4.90 Å². The summed E-state index contributed by atoms with van der Waals surface area (Å²) in [6.07, 6.45) is 2.84. The predicted octanol–water partition coefficient (Wildman–Crippen LogP) is 3.34. The van der Waals surface area contributed by atoms with E-state index in [0.29, 0.717) is 30.1 Å². The number of sulfonamides is 1. The summed E-state index contributed by atoms with van der Waals surface area (Å²) in [6, 6.07) is 13.0. The highest BCUT2D eigenvalue weighted by molar-refractivity contribution is 7.89. The van der Waals surface area contributed by atoms with Crippen LogP contribution in [0.3, 0.4) is 0 Å². The molecular formula is C22H26ClN3O4S. The minimum atomic E-state index is -3.66. The van der Waals surface area contributed by atoms with Crippen molar-refractivity contribution in [3.05, 3.63) is 59.1 Å². The molecule has 0 aliphatic carbocycles. The number of nitrogens with zero attached hydrogens (tertiary/aromatic N) is 1. The molecule has 2 aromatic carbocycles. The quantitative estimate of drug-likeness (QED) is 0.642. The average Bonchev–Trinajstić information content (AvgIpc) is 2.74. The largest absolute Gasteiger partial charge is 0.348 e. The number of amides is 2. The first-order valence-electron chi connectivity index (χ1n) is 10.2. The van der Waals surface area contributed by atoms with E-state index < -0.39 is 21.8 Å². The van der Waals surface area contributed by atoms with E-state index in [1.165, 1.54) is 16.4 Å². The SMILES string of the molecule is Cc1cccc(NC(=O)C(=O)NCC[C@H]2CCCCN2S(=O)(=O)c2ccc(Cl)cc2)c1. The lowest BCUT2D eigenvalue weighted by Crippen LogP contribution is -2.45. The number of anilines is 1. The number of halogens is 1. The van der Waals surface area contributed by atoms with Crippen LogP contribution in [0.5, 0.6) is 0 Å². The van der Waals surface area contributed by atoms with Crippen LogP contribution in [-0.2, 0) is 19.6 Å². The van der Waals surface area contributed by atoms with Gasteiger partial charge in [0.15, 0.2) is 0 Å². The number of hydrogen-bond donors (Lipinski definition) is 2. The van der Waals surface area contributed by atoms with Crippen molar-refractivity contribution in [2.24, 2.45) is 0 Å². The highest BCUT2D eigenvalue weighted by atomic mass is 35.5. The van der Waals surface area contributed by atoms with Crippen LogP contribution in [0, 0.1) is 6.92 Å². The van der Waals surface area contributed by atoms with Crippen LogP contribution >= 0.6 is 11.6 Å². The van der Waals surface area contributed by atoms with Gasteiger partial charge in [0.2, 0.25) is 10.0 Å². The number of aryl methyl sites for hydroxylation is 1. The molecule has 7 nitrogen and oxygen atoms in total. The van der Waals surface area contributed by atoms with Crippen LogP contribution in [0.1, 0.15) is 31.2 Å². The van der Waals surface area contributed by atoms with Gasteiger partial charge in [-0.15, -0.1) is 0 Å². The maximum atomic E-state index is 13.1. The first-order chi connectivity index (χ1) is 14.8. The minimum Gasteiger partial charge on any atom is -0.348 e.